The molecule has 1 aromatic heterocycles. The predicted octanol–water partition coefficient (Wildman–Crippen LogP) is 5.57. The van der Waals surface area contributed by atoms with Gasteiger partial charge in [0.25, 0.3) is 0 Å². The Bertz CT molecular complexity index is 928. The number of aliphatic carboxylic acids is 1. The van der Waals surface area contributed by atoms with E-state index in [1.54, 1.807) is 0 Å². The zero-order valence-electron chi connectivity index (χ0n) is 17.3. The lowest BCUT2D eigenvalue weighted by molar-refractivity contribution is -0.148. The average molecular weight is 381 g/mol. The number of fused-ring (bicyclic) bond motifs is 1. The van der Waals surface area contributed by atoms with Crippen LogP contribution in [-0.2, 0) is 10.2 Å². The van der Waals surface area contributed by atoms with Gasteiger partial charge < -0.3 is 9.67 Å². The largest absolute Gasteiger partial charge is 0.481 e. The van der Waals surface area contributed by atoms with E-state index < -0.39 is 11.4 Å². The summed E-state index contributed by atoms with van der Waals surface area (Å²) in [6, 6.07) is 8.86. The Balaban J connectivity index is 1.69. The van der Waals surface area contributed by atoms with Gasteiger partial charge in [0.2, 0.25) is 0 Å². The molecule has 4 heteroatoms. The molecule has 4 nitrogen and oxygen atoms in total. The van der Waals surface area contributed by atoms with Gasteiger partial charge in [-0.1, -0.05) is 45.7 Å². The molecule has 2 unspecified atom stereocenters. The van der Waals surface area contributed by atoms with Gasteiger partial charge in [0.15, 0.2) is 0 Å². The SMILES string of the molecule is CC1CCCC([C@@]2(C(=O)O)C[C@]2(c2nc3ccccc3n2C2CC2)C(C)C)C1. The highest BCUT2D eigenvalue weighted by molar-refractivity contribution is 5.84. The molecule has 3 fully saturated rings. The molecule has 5 rings (SSSR count). The summed E-state index contributed by atoms with van der Waals surface area (Å²) in [4.78, 5) is 18.0. The number of aromatic nitrogens is 2. The normalized spacial score (nSPS) is 35.4. The molecule has 0 radical (unpaired) electrons. The van der Waals surface area contributed by atoms with Gasteiger partial charge in [0.05, 0.1) is 16.4 Å². The third-order valence-corrected chi connectivity index (χ3v) is 8.14. The minimum atomic E-state index is -0.649. The van der Waals surface area contributed by atoms with E-state index in [1.165, 1.54) is 24.8 Å². The minimum absolute atomic E-state index is 0.259. The fourth-order valence-electron chi connectivity index (χ4n) is 6.54. The Morgan fingerprint density at radius 1 is 1.21 bits per heavy atom. The third kappa shape index (κ3) is 2.29. The summed E-state index contributed by atoms with van der Waals surface area (Å²) in [5, 5.41) is 10.6. The summed E-state index contributed by atoms with van der Waals surface area (Å²) in [7, 11) is 0. The lowest BCUT2D eigenvalue weighted by atomic mass is 9.68. The molecule has 2 aromatic rings. The van der Waals surface area contributed by atoms with Gasteiger partial charge in [0, 0.05) is 11.5 Å². The first-order valence-corrected chi connectivity index (χ1v) is 11.1. The van der Waals surface area contributed by atoms with Crippen molar-refractivity contribution in [3.8, 4) is 0 Å². The zero-order chi connectivity index (χ0) is 19.7. The van der Waals surface area contributed by atoms with Crippen molar-refractivity contribution in [2.24, 2.45) is 23.2 Å². The van der Waals surface area contributed by atoms with Crippen molar-refractivity contribution in [2.75, 3.05) is 0 Å². The van der Waals surface area contributed by atoms with Crippen LogP contribution >= 0.6 is 0 Å². The van der Waals surface area contributed by atoms with E-state index in [0.29, 0.717) is 12.0 Å². The molecule has 3 saturated carbocycles. The van der Waals surface area contributed by atoms with Crippen LogP contribution in [0.5, 0.6) is 0 Å². The van der Waals surface area contributed by atoms with Crippen molar-refractivity contribution in [3.63, 3.8) is 0 Å². The number of nitrogens with zero attached hydrogens (tertiary/aromatic N) is 2. The van der Waals surface area contributed by atoms with Gasteiger partial charge in [-0.25, -0.2) is 4.98 Å². The highest BCUT2D eigenvalue weighted by Gasteiger charge is 2.78. The maximum atomic E-state index is 12.9. The average Bonchev–Trinajstić information content (AvgIpc) is 3.57. The van der Waals surface area contributed by atoms with Crippen molar-refractivity contribution in [3.05, 3.63) is 30.1 Å². The van der Waals surface area contributed by atoms with E-state index in [-0.39, 0.29) is 17.3 Å². The number of imidazole rings is 1. The maximum absolute atomic E-state index is 12.9. The Morgan fingerprint density at radius 3 is 2.61 bits per heavy atom. The summed E-state index contributed by atoms with van der Waals surface area (Å²) in [6.07, 6.45) is 7.61. The molecule has 0 amide bonds. The van der Waals surface area contributed by atoms with Crippen LogP contribution in [0, 0.1) is 23.2 Å². The number of hydrogen-bond acceptors (Lipinski definition) is 2. The molecule has 0 spiro atoms. The highest BCUT2D eigenvalue weighted by Crippen LogP contribution is 2.74. The molecular formula is C24H32N2O2. The second kappa shape index (κ2) is 6.08. The zero-order valence-corrected chi connectivity index (χ0v) is 17.3. The Labute approximate surface area is 167 Å². The van der Waals surface area contributed by atoms with Crippen LogP contribution < -0.4 is 0 Å². The number of carbonyl (C=O) groups is 1. The molecule has 3 aliphatic carbocycles. The molecule has 1 aromatic carbocycles. The van der Waals surface area contributed by atoms with Gasteiger partial charge in [0.1, 0.15) is 5.82 Å². The standard InChI is InChI=1S/C24H32N2O2/c1-15(2)23(14-24(23,22(27)28)17-8-6-7-16(3)13-17)21-25-19-9-4-5-10-20(19)26(21)18-11-12-18/h4-5,9-10,15-18H,6-8,11-14H2,1-3H3,(H,27,28)/t16?,17?,23-,24-/m1/s1. The number of carboxylic acids is 1. The van der Waals surface area contributed by atoms with Gasteiger partial charge in [-0.15, -0.1) is 0 Å². The fraction of sp³-hybridized carbons (Fsp3) is 0.667. The molecule has 0 saturated heterocycles. The van der Waals surface area contributed by atoms with Crippen LogP contribution in [0.25, 0.3) is 11.0 Å². The topological polar surface area (TPSA) is 55.1 Å². The number of para-hydroxylation sites is 2. The smallest absolute Gasteiger partial charge is 0.310 e. The fourth-order valence-corrected chi connectivity index (χ4v) is 6.54. The van der Waals surface area contributed by atoms with Crippen LogP contribution in [0.3, 0.4) is 0 Å². The molecule has 3 aliphatic rings. The van der Waals surface area contributed by atoms with E-state index in [9.17, 15) is 9.90 Å². The Morgan fingerprint density at radius 2 is 1.96 bits per heavy atom. The monoisotopic (exact) mass is 380 g/mol. The molecule has 1 heterocycles. The number of carboxylic acid groups (broad SMARTS) is 1. The highest BCUT2D eigenvalue weighted by atomic mass is 16.4. The van der Waals surface area contributed by atoms with E-state index in [1.807, 2.05) is 6.07 Å². The Kier molecular flexibility index (Phi) is 3.95. The number of rotatable bonds is 5. The number of benzene rings is 1. The molecule has 0 aliphatic heterocycles. The van der Waals surface area contributed by atoms with Crippen LogP contribution in [0.15, 0.2) is 24.3 Å². The van der Waals surface area contributed by atoms with E-state index in [2.05, 4.69) is 43.5 Å². The summed E-state index contributed by atoms with van der Waals surface area (Å²) in [5.74, 6) is 1.63. The second-order valence-corrected chi connectivity index (χ2v) is 10.1. The summed E-state index contributed by atoms with van der Waals surface area (Å²) < 4.78 is 2.42. The quantitative estimate of drug-likeness (QED) is 0.738. The van der Waals surface area contributed by atoms with Crippen molar-refractivity contribution in [2.45, 2.75) is 77.2 Å². The maximum Gasteiger partial charge on any atom is 0.310 e. The molecule has 1 N–H and O–H groups in total. The van der Waals surface area contributed by atoms with Crippen LogP contribution in [0.1, 0.15) is 77.6 Å². The van der Waals surface area contributed by atoms with Crippen LogP contribution in [0.4, 0.5) is 0 Å². The van der Waals surface area contributed by atoms with Gasteiger partial charge in [-0.05, 0) is 62.0 Å². The van der Waals surface area contributed by atoms with E-state index >= 15 is 0 Å². The lowest BCUT2D eigenvalue weighted by Crippen LogP contribution is -2.39. The first kappa shape index (κ1) is 18.2. The minimum Gasteiger partial charge on any atom is -0.481 e. The van der Waals surface area contributed by atoms with Crippen molar-refractivity contribution >= 4 is 17.0 Å². The molecule has 150 valence electrons. The van der Waals surface area contributed by atoms with Gasteiger partial charge in [-0.2, -0.15) is 0 Å². The number of hydrogen-bond donors (Lipinski definition) is 1. The van der Waals surface area contributed by atoms with E-state index in [4.69, 9.17) is 4.98 Å². The van der Waals surface area contributed by atoms with Gasteiger partial charge >= 0.3 is 5.97 Å². The molecule has 4 atom stereocenters. The van der Waals surface area contributed by atoms with E-state index in [0.717, 1.165) is 37.0 Å². The molecule has 28 heavy (non-hydrogen) atoms. The third-order valence-electron chi connectivity index (χ3n) is 8.14. The van der Waals surface area contributed by atoms with Crippen molar-refractivity contribution in [1.82, 2.24) is 9.55 Å². The first-order valence-electron chi connectivity index (χ1n) is 11.1. The second-order valence-electron chi connectivity index (χ2n) is 10.1. The predicted molar refractivity (Wildman–Crippen MR) is 110 cm³/mol. The summed E-state index contributed by atoms with van der Waals surface area (Å²) in [6.45, 7) is 6.72. The van der Waals surface area contributed by atoms with Crippen molar-refractivity contribution in [1.29, 1.82) is 0 Å². The van der Waals surface area contributed by atoms with Crippen LogP contribution in [0.2, 0.25) is 0 Å². The summed E-state index contributed by atoms with van der Waals surface area (Å²) in [5.41, 5.74) is 1.21. The first-order chi connectivity index (χ1) is 13.4. The van der Waals surface area contributed by atoms with Gasteiger partial charge in [-0.3, -0.25) is 4.79 Å². The summed E-state index contributed by atoms with van der Waals surface area (Å²) >= 11 is 0. The molecule has 0 bridgehead atoms. The van der Waals surface area contributed by atoms with Crippen molar-refractivity contribution < 1.29 is 9.90 Å². The lowest BCUT2D eigenvalue weighted by Gasteiger charge is -2.36. The molecular weight excluding hydrogens is 348 g/mol. The Hall–Kier alpha value is -1.84. The van der Waals surface area contributed by atoms with Crippen LogP contribution in [-0.4, -0.2) is 20.6 Å².